The van der Waals surface area contributed by atoms with E-state index >= 15 is 0 Å². The van der Waals surface area contributed by atoms with Gasteiger partial charge in [-0.2, -0.15) is 0 Å². The van der Waals surface area contributed by atoms with E-state index in [0.29, 0.717) is 12.3 Å². The van der Waals surface area contributed by atoms with Gasteiger partial charge in [0, 0.05) is 66.1 Å². The minimum Gasteiger partial charge on any atom is -0.348 e. The number of amides is 1. The molecule has 2 aromatic rings. The van der Waals surface area contributed by atoms with Crippen molar-refractivity contribution in [2.24, 2.45) is 5.41 Å². The summed E-state index contributed by atoms with van der Waals surface area (Å²) in [5, 5.41) is 0. The quantitative estimate of drug-likeness (QED) is 0.877. The van der Waals surface area contributed by atoms with Crippen LogP contribution in [0, 0.1) is 12.3 Å². The van der Waals surface area contributed by atoms with E-state index in [1.54, 1.807) is 6.33 Å². The first kappa shape index (κ1) is 17.7. The van der Waals surface area contributed by atoms with Crippen LogP contribution in [0.2, 0.25) is 0 Å². The summed E-state index contributed by atoms with van der Waals surface area (Å²) in [5.41, 5.74) is 1.39. The molecule has 2 aromatic heterocycles. The lowest BCUT2D eigenvalue weighted by Gasteiger charge is -2.48. The van der Waals surface area contributed by atoms with E-state index in [1.165, 1.54) is 29.1 Å². The van der Waals surface area contributed by atoms with Crippen molar-refractivity contribution in [3.63, 3.8) is 0 Å². The highest BCUT2D eigenvalue weighted by molar-refractivity contribution is 7.11. The van der Waals surface area contributed by atoms with Gasteiger partial charge in [0.1, 0.15) is 0 Å². The second-order valence-corrected chi connectivity index (χ2v) is 9.34. The number of likely N-dealkylation sites (tertiary alicyclic amines) is 2. The maximum atomic E-state index is 12.4. The third-order valence-electron chi connectivity index (χ3n) is 5.87. The largest absolute Gasteiger partial charge is 0.348 e. The Labute approximate surface area is 159 Å². The van der Waals surface area contributed by atoms with Crippen LogP contribution in [0.5, 0.6) is 0 Å². The van der Waals surface area contributed by atoms with Gasteiger partial charge in [0.2, 0.25) is 5.91 Å². The average molecular weight is 373 g/mol. The second kappa shape index (κ2) is 7.53. The van der Waals surface area contributed by atoms with Gasteiger partial charge >= 0.3 is 0 Å². The van der Waals surface area contributed by atoms with E-state index < -0.39 is 0 Å². The van der Waals surface area contributed by atoms with Gasteiger partial charge in [-0.3, -0.25) is 9.69 Å². The summed E-state index contributed by atoms with van der Waals surface area (Å²) in [5.74, 6) is 0.321. The molecule has 1 unspecified atom stereocenters. The van der Waals surface area contributed by atoms with Crippen LogP contribution in [-0.4, -0.2) is 51.9 Å². The van der Waals surface area contributed by atoms with Crippen LogP contribution in [0.1, 0.15) is 41.1 Å². The van der Waals surface area contributed by atoms with E-state index in [0.717, 1.165) is 44.7 Å². The van der Waals surface area contributed by atoms with Crippen molar-refractivity contribution >= 4 is 17.2 Å². The number of nitrogens with one attached hydrogen (secondary N) is 1. The molecular formula is C20H28N4OS. The van der Waals surface area contributed by atoms with Gasteiger partial charge in [0.25, 0.3) is 0 Å². The summed E-state index contributed by atoms with van der Waals surface area (Å²) in [4.78, 5) is 27.2. The molecule has 0 aromatic carbocycles. The fourth-order valence-corrected chi connectivity index (χ4v) is 5.48. The van der Waals surface area contributed by atoms with Crippen molar-refractivity contribution in [1.82, 2.24) is 19.8 Å². The predicted molar refractivity (Wildman–Crippen MR) is 104 cm³/mol. The number of aryl methyl sites for hydroxylation is 1. The Bertz CT molecular complexity index is 741. The zero-order chi connectivity index (χ0) is 18.0. The van der Waals surface area contributed by atoms with Crippen molar-refractivity contribution < 1.29 is 4.79 Å². The Kier molecular flexibility index (Phi) is 5.14. The summed E-state index contributed by atoms with van der Waals surface area (Å²) in [6, 6.07) is 4.48. The number of carbonyl (C=O) groups excluding carboxylic acids is 1. The van der Waals surface area contributed by atoms with Crippen LogP contribution >= 0.6 is 11.3 Å². The number of H-pyrrole nitrogens is 1. The molecule has 2 saturated heterocycles. The predicted octanol–water partition coefficient (Wildman–Crippen LogP) is 3.23. The van der Waals surface area contributed by atoms with Crippen molar-refractivity contribution in [2.75, 3.05) is 26.2 Å². The maximum Gasteiger partial charge on any atom is 0.222 e. The van der Waals surface area contributed by atoms with Crippen LogP contribution in [-0.2, 0) is 17.8 Å². The summed E-state index contributed by atoms with van der Waals surface area (Å²) < 4.78 is 0. The SMILES string of the molecule is Cc1ccc(CN2CCCC3(CCC(=O)N(CCc4cnc[nH]4)C3)C2)s1. The van der Waals surface area contributed by atoms with Crippen LogP contribution in [0.25, 0.3) is 0 Å². The van der Waals surface area contributed by atoms with Crippen molar-refractivity contribution in [3.05, 3.63) is 40.1 Å². The number of nitrogens with zero attached hydrogens (tertiary/aromatic N) is 3. The van der Waals surface area contributed by atoms with Gasteiger partial charge < -0.3 is 9.88 Å². The molecule has 4 heterocycles. The summed E-state index contributed by atoms with van der Waals surface area (Å²) in [6.07, 6.45) is 8.67. The first-order valence-corrected chi connectivity index (χ1v) is 10.5. The number of piperidine rings is 2. The molecule has 1 N–H and O–H groups in total. The van der Waals surface area contributed by atoms with Gasteiger partial charge in [-0.1, -0.05) is 0 Å². The highest BCUT2D eigenvalue weighted by Crippen LogP contribution is 2.39. The Morgan fingerprint density at radius 1 is 1.31 bits per heavy atom. The van der Waals surface area contributed by atoms with E-state index in [1.807, 2.05) is 17.5 Å². The molecule has 2 aliphatic rings. The van der Waals surface area contributed by atoms with Crippen LogP contribution in [0.15, 0.2) is 24.7 Å². The monoisotopic (exact) mass is 372 g/mol. The minimum atomic E-state index is 0.284. The lowest BCUT2D eigenvalue weighted by molar-refractivity contribution is -0.139. The van der Waals surface area contributed by atoms with Crippen molar-refractivity contribution in [3.8, 4) is 0 Å². The molecular weight excluding hydrogens is 344 g/mol. The number of hydrogen-bond donors (Lipinski definition) is 1. The smallest absolute Gasteiger partial charge is 0.222 e. The number of aromatic nitrogens is 2. The molecule has 6 heteroatoms. The number of hydrogen-bond acceptors (Lipinski definition) is 4. The molecule has 1 amide bonds. The first-order chi connectivity index (χ1) is 12.6. The third kappa shape index (κ3) is 4.01. The molecule has 0 bridgehead atoms. The van der Waals surface area contributed by atoms with Gasteiger partial charge in [-0.25, -0.2) is 4.98 Å². The Morgan fingerprint density at radius 3 is 3.00 bits per heavy atom. The molecule has 5 nitrogen and oxygen atoms in total. The highest BCUT2D eigenvalue weighted by atomic mass is 32.1. The molecule has 4 rings (SSSR count). The number of rotatable bonds is 5. The molecule has 26 heavy (non-hydrogen) atoms. The van der Waals surface area contributed by atoms with Crippen LogP contribution in [0.3, 0.4) is 0 Å². The standard InChI is InChI=1S/C20H28N4OS/c1-16-3-4-18(26-16)12-23-9-2-7-20(13-23)8-5-19(25)24(14-20)10-6-17-11-21-15-22-17/h3-4,11,15H,2,5-10,12-14H2,1H3,(H,21,22). The first-order valence-electron chi connectivity index (χ1n) is 9.65. The molecule has 0 saturated carbocycles. The fourth-order valence-electron chi connectivity index (χ4n) is 4.55. The zero-order valence-corrected chi connectivity index (χ0v) is 16.4. The zero-order valence-electron chi connectivity index (χ0n) is 15.5. The Morgan fingerprint density at radius 2 is 2.23 bits per heavy atom. The molecule has 2 aliphatic heterocycles. The van der Waals surface area contributed by atoms with Crippen LogP contribution < -0.4 is 0 Å². The molecule has 0 radical (unpaired) electrons. The van der Waals surface area contributed by atoms with Crippen molar-refractivity contribution in [1.29, 1.82) is 0 Å². The third-order valence-corrected chi connectivity index (χ3v) is 6.86. The minimum absolute atomic E-state index is 0.284. The lowest BCUT2D eigenvalue weighted by atomic mass is 9.73. The van der Waals surface area contributed by atoms with Gasteiger partial charge in [0.15, 0.2) is 0 Å². The van der Waals surface area contributed by atoms with Crippen LogP contribution in [0.4, 0.5) is 0 Å². The molecule has 0 aliphatic carbocycles. The Balaban J connectivity index is 1.38. The lowest BCUT2D eigenvalue weighted by Crippen LogP contribution is -2.54. The number of aromatic amines is 1. The van der Waals surface area contributed by atoms with E-state index in [-0.39, 0.29) is 5.41 Å². The molecule has 140 valence electrons. The number of carbonyl (C=O) groups is 1. The topological polar surface area (TPSA) is 52.2 Å². The fraction of sp³-hybridized carbons (Fsp3) is 0.600. The second-order valence-electron chi connectivity index (χ2n) is 7.97. The van der Waals surface area contributed by atoms with Crippen molar-refractivity contribution in [2.45, 2.75) is 45.6 Å². The van der Waals surface area contributed by atoms with E-state index in [2.05, 4.69) is 38.8 Å². The molecule has 1 spiro atoms. The summed E-state index contributed by atoms with van der Waals surface area (Å²) in [6.45, 7) is 7.25. The summed E-state index contributed by atoms with van der Waals surface area (Å²) >= 11 is 1.91. The maximum absolute atomic E-state index is 12.4. The normalized spacial score (nSPS) is 24.5. The Hall–Kier alpha value is -1.66. The van der Waals surface area contributed by atoms with Gasteiger partial charge in [-0.05, 0) is 44.9 Å². The number of imidazole rings is 1. The van der Waals surface area contributed by atoms with Gasteiger partial charge in [-0.15, -0.1) is 11.3 Å². The average Bonchev–Trinajstić information content (AvgIpc) is 3.28. The summed E-state index contributed by atoms with van der Waals surface area (Å²) in [7, 11) is 0. The van der Waals surface area contributed by atoms with Gasteiger partial charge in [0.05, 0.1) is 6.33 Å². The van der Waals surface area contributed by atoms with E-state index in [4.69, 9.17) is 0 Å². The molecule has 2 fully saturated rings. The molecule has 1 atom stereocenters. The number of thiophene rings is 1. The highest BCUT2D eigenvalue weighted by Gasteiger charge is 2.41. The van der Waals surface area contributed by atoms with E-state index in [9.17, 15) is 4.79 Å².